The van der Waals surface area contributed by atoms with E-state index in [-0.39, 0.29) is 17.1 Å². The van der Waals surface area contributed by atoms with Gasteiger partial charge >= 0.3 is 17.1 Å². The van der Waals surface area contributed by atoms with E-state index in [1.165, 1.54) is 0 Å². The van der Waals surface area contributed by atoms with E-state index in [1.54, 1.807) is 0 Å². The zero-order valence-electron chi connectivity index (χ0n) is 5.55. The van der Waals surface area contributed by atoms with Crippen LogP contribution in [0.3, 0.4) is 0 Å². The SMILES string of the molecule is O=C([O-])[O-].O=C([O-])[O-].O=C([O-])[O-].[Mn+6]. The first-order valence-electron chi connectivity index (χ1n) is 1.84. The first kappa shape index (κ1) is 22.5. The molecule has 10 heteroatoms. The summed E-state index contributed by atoms with van der Waals surface area (Å²) in [6, 6.07) is 0. The Bertz CT molecular complexity index is 112. The van der Waals surface area contributed by atoms with Crippen LogP contribution in [-0.4, -0.2) is 18.5 Å². The van der Waals surface area contributed by atoms with Crippen LogP contribution in [0.2, 0.25) is 0 Å². The van der Waals surface area contributed by atoms with E-state index < -0.39 is 18.5 Å². The fourth-order valence-electron chi connectivity index (χ4n) is 0. The van der Waals surface area contributed by atoms with Crippen molar-refractivity contribution in [3.05, 3.63) is 0 Å². The van der Waals surface area contributed by atoms with E-state index >= 15 is 0 Å². The van der Waals surface area contributed by atoms with E-state index in [2.05, 4.69) is 0 Å². The number of carbonyl (C=O) groups excluding carboxylic acids is 3. The molecule has 0 aromatic carbocycles. The second-order valence-electron chi connectivity index (χ2n) is 0.750. The second-order valence-corrected chi connectivity index (χ2v) is 0.750. The molecule has 0 bridgehead atoms. The van der Waals surface area contributed by atoms with Gasteiger partial charge in [0.2, 0.25) is 0 Å². The third kappa shape index (κ3) is 257. The van der Waals surface area contributed by atoms with Crippen molar-refractivity contribution in [1.29, 1.82) is 0 Å². The fourth-order valence-corrected chi connectivity index (χ4v) is 0. The standard InChI is InChI=1S/3CH2O3.Mn/c3*2-1(3)4;/h3*(H2,2,3,4);/q;;;+6/p-6. The quantitative estimate of drug-likeness (QED) is 0.366. The minimum absolute atomic E-state index is 0. The van der Waals surface area contributed by atoms with Crippen LogP contribution in [0, 0.1) is 0 Å². The summed E-state index contributed by atoms with van der Waals surface area (Å²) in [4.78, 5) is 25.0. The van der Waals surface area contributed by atoms with Crippen LogP contribution in [0.1, 0.15) is 0 Å². The third-order valence-corrected chi connectivity index (χ3v) is 0. The largest absolute Gasteiger partial charge is 6.00 e. The van der Waals surface area contributed by atoms with Crippen LogP contribution in [-0.2, 0) is 17.1 Å². The van der Waals surface area contributed by atoms with Crippen molar-refractivity contribution in [2.75, 3.05) is 0 Å². The van der Waals surface area contributed by atoms with Crippen LogP contribution < -0.4 is 30.6 Å². The van der Waals surface area contributed by atoms with Crippen LogP contribution in [0.15, 0.2) is 0 Å². The van der Waals surface area contributed by atoms with Gasteiger partial charge in [0, 0.05) is 0 Å². The van der Waals surface area contributed by atoms with Crippen molar-refractivity contribution in [1.82, 2.24) is 0 Å². The first-order valence-corrected chi connectivity index (χ1v) is 1.84. The maximum absolute atomic E-state index is 8.33. The number of hydrogen-bond donors (Lipinski definition) is 0. The molecule has 0 N–H and O–H groups in total. The number of carbonyl (C=O) groups is 3. The maximum atomic E-state index is 8.33. The number of carboxylic acid groups (broad SMARTS) is 6. The van der Waals surface area contributed by atoms with Gasteiger partial charge in [-0.05, 0) is 18.5 Å². The summed E-state index contributed by atoms with van der Waals surface area (Å²) in [5, 5.41) is 50.0. The van der Waals surface area contributed by atoms with Gasteiger partial charge in [0.1, 0.15) is 0 Å². The van der Waals surface area contributed by atoms with Crippen LogP contribution in [0.25, 0.3) is 0 Å². The molecule has 0 heterocycles. The molecule has 0 fully saturated rings. The molecule has 0 atom stereocenters. The molecule has 0 saturated carbocycles. The zero-order chi connectivity index (χ0) is 10.7. The Morgan fingerprint density at radius 2 is 0.538 bits per heavy atom. The van der Waals surface area contributed by atoms with Crippen molar-refractivity contribution >= 4 is 18.5 Å². The summed E-state index contributed by atoms with van der Waals surface area (Å²) >= 11 is 0. The van der Waals surface area contributed by atoms with Crippen LogP contribution in [0.5, 0.6) is 0 Å². The predicted molar refractivity (Wildman–Crippen MR) is 16.2 cm³/mol. The van der Waals surface area contributed by atoms with Gasteiger partial charge in [0.25, 0.3) is 0 Å². The second kappa shape index (κ2) is 16.7. The van der Waals surface area contributed by atoms with Crippen molar-refractivity contribution in [3.63, 3.8) is 0 Å². The van der Waals surface area contributed by atoms with E-state index in [1.807, 2.05) is 0 Å². The molecular weight excluding hydrogens is 235 g/mol. The Hall–Kier alpha value is -1.67. The molecule has 13 heavy (non-hydrogen) atoms. The molecule has 0 aromatic heterocycles. The Morgan fingerprint density at radius 1 is 0.538 bits per heavy atom. The number of rotatable bonds is 0. The normalized spacial score (nSPS) is 5.54. The molecule has 0 saturated heterocycles. The van der Waals surface area contributed by atoms with Crippen LogP contribution >= 0.6 is 0 Å². The number of hydrogen-bond acceptors (Lipinski definition) is 9. The molecule has 0 aliphatic heterocycles. The van der Waals surface area contributed by atoms with Crippen molar-refractivity contribution in [2.45, 2.75) is 0 Å². The Balaban J connectivity index is -0.0000000450. The summed E-state index contributed by atoms with van der Waals surface area (Å²) in [5.41, 5.74) is 0. The topological polar surface area (TPSA) is 190 Å². The summed E-state index contributed by atoms with van der Waals surface area (Å²) in [6.07, 6.45) is -7.00. The van der Waals surface area contributed by atoms with Gasteiger partial charge in [0.05, 0.1) is 0 Å². The molecule has 0 aliphatic carbocycles. The van der Waals surface area contributed by atoms with Gasteiger partial charge in [-0.2, -0.15) is 0 Å². The van der Waals surface area contributed by atoms with E-state index in [0.717, 1.165) is 0 Å². The average Bonchev–Trinajstić information content (AvgIpc) is 1.54. The molecule has 9 nitrogen and oxygen atoms in total. The average molecular weight is 235 g/mol. The monoisotopic (exact) mass is 235 g/mol. The minimum Gasteiger partial charge on any atom is -0.652 e. The van der Waals surface area contributed by atoms with Gasteiger partial charge in [0.15, 0.2) is 0 Å². The van der Waals surface area contributed by atoms with Gasteiger partial charge in [-0.15, -0.1) is 0 Å². The van der Waals surface area contributed by atoms with Gasteiger partial charge < -0.3 is 45.0 Å². The van der Waals surface area contributed by atoms with Crippen molar-refractivity contribution in [2.24, 2.45) is 0 Å². The molecular formula is C3MnO9. The Kier molecular flexibility index (Phi) is 29.0. The summed E-state index contributed by atoms with van der Waals surface area (Å²) in [7, 11) is 0. The summed E-state index contributed by atoms with van der Waals surface area (Å²) < 4.78 is 0. The molecule has 0 spiro atoms. The molecule has 0 rings (SSSR count). The van der Waals surface area contributed by atoms with Gasteiger partial charge in [-0.3, -0.25) is 0 Å². The smallest absolute Gasteiger partial charge is 0.652 e. The predicted octanol–water partition coefficient (Wildman–Crippen LogP) is -7.34. The molecule has 1 radical (unpaired) electrons. The minimum atomic E-state index is -2.33. The van der Waals surface area contributed by atoms with E-state index in [4.69, 9.17) is 45.0 Å². The van der Waals surface area contributed by atoms with Crippen molar-refractivity contribution < 1.29 is 62.1 Å². The van der Waals surface area contributed by atoms with E-state index in [0.29, 0.717) is 0 Å². The van der Waals surface area contributed by atoms with Crippen molar-refractivity contribution in [3.8, 4) is 0 Å². The molecule has 0 amide bonds. The first-order chi connectivity index (χ1) is 5.20. The Morgan fingerprint density at radius 3 is 0.538 bits per heavy atom. The maximum Gasteiger partial charge on any atom is 6.00 e. The zero-order valence-corrected chi connectivity index (χ0v) is 6.73. The molecule has 0 aliphatic rings. The summed E-state index contributed by atoms with van der Waals surface area (Å²) in [6.45, 7) is 0. The fraction of sp³-hybridized carbons (Fsp3) is 0. The van der Waals surface area contributed by atoms with Gasteiger partial charge in [-0.25, -0.2) is 0 Å². The summed E-state index contributed by atoms with van der Waals surface area (Å²) in [5.74, 6) is 0. The molecule has 73 valence electrons. The molecule has 0 aromatic rings. The van der Waals surface area contributed by atoms with Gasteiger partial charge in [-0.1, -0.05) is 0 Å². The third-order valence-electron chi connectivity index (χ3n) is 0. The Labute approximate surface area is 81.3 Å². The molecule has 0 unspecified atom stereocenters. The van der Waals surface area contributed by atoms with Crippen LogP contribution in [0.4, 0.5) is 14.4 Å². The van der Waals surface area contributed by atoms with E-state index in [9.17, 15) is 0 Å².